The number of sulfone groups is 1. The van der Waals surface area contributed by atoms with Crippen LogP contribution in [0, 0.1) is 6.92 Å². The predicted molar refractivity (Wildman–Crippen MR) is 123 cm³/mol. The molecule has 2 aliphatic rings. The van der Waals surface area contributed by atoms with E-state index < -0.39 is 9.84 Å². The van der Waals surface area contributed by atoms with Crippen LogP contribution in [0.5, 0.6) is 5.75 Å². The van der Waals surface area contributed by atoms with Gasteiger partial charge in [-0.3, -0.25) is 4.79 Å². The van der Waals surface area contributed by atoms with Gasteiger partial charge in [0.25, 0.3) is 5.91 Å². The first-order valence-electron chi connectivity index (χ1n) is 11.0. The van der Waals surface area contributed by atoms with Gasteiger partial charge in [0, 0.05) is 18.7 Å². The standard InChI is InChI=1S/C23H26N4O5S/c1-15-24-21-20(27(15)17-6-11-33(29,30)14-17)13-19(16-4-3-5-18(12-16)31-2)25-22(21)23(28)26-7-9-32-10-8-26/h3-5,12-13,17H,6-11,14H2,1-2H3. The van der Waals surface area contributed by atoms with Crippen molar-refractivity contribution in [3.05, 3.63) is 41.9 Å². The Morgan fingerprint density at radius 3 is 2.67 bits per heavy atom. The zero-order valence-electron chi connectivity index (χ0n) is 18.7. The van der Waals surface area contributed by atoms with Gasteiger partial charge in [-0.2, -0.15) is 0 Å². The van der Waals surface area contributed by atoms with Crippen molar-refractivity contribution in [3.8, 4) is 17.0 Å². The van der Waals surface area contributed by atoms with Crippen LogP contribution < -0.4 is 4.74 Å². The minimum atomic E-state index is -3.09. The van der Waals surface area contributed by atoms with Crippen LogP contribution in [0.1, 0.15) is 28.8 Å². The number of amides is 1. The third-order valence-electron chi connectivity index (χ3n) is 6.29. The zero-order valence-corrected chi connectivity index (χ0v) is 19.5. The number of rotatable bonds is 4. The number of methoxy groups -OCH3 is 1. The molecule has 0 saturated carbocycles. The molecule has 10 heteroatoms. The topological polar surface area (TPSA) is 104 Å². The minimum Gasteiger partial charge on any atom is -0.497 e. The van der Waals surface area contributed by atoms with Crippen molar-refractivity contribution in [1.29, 1.82) is 0 Å². The molecule has 3 aromatic rings. The number of fused-ring (bicyclic) bond motifs is 1. The lowest BCUT2D eigenvalue weighted by Crippen LogP contribution is -2.41. The van der Waals surface area contributed by atoms with Gasteiger partial charge in [-0.05, 0) is 31.5 Å². The molecule has 0 aliphatic carbocycles. The number of carbonyl (C=O) groups excluding carboxylic acids is 1. The fraction of sp³-hybridized carbons (Fsp3) is 0.435. The molecule has 0 N–H and O–H groups in total. The normalized spacial score (nSPS) is 20.3. The van der Waals surface area contributed by atoms with Crippen molar-refractivity contribution in [1.82, 2.24) is 19.4 Å². The lowest BCUT2D eigenvalue weighted by Gasteiger charge is -2.26. The van der Waals surface area contributed by atoms with Gasteiger partial charge in [-0.15, -0.1) is 0 Å². The van der Waals surface area contributed by atoms with Crippen molar-refractivity contribution in [2.45, 2.75) is 19.4 Å². The molecule has 1 aromatic carbocycles. The van der Waals surface area contributed by atoms with Gasteiger partial charge < -0.3 is 18.9 Å². The van der Waals surface area contributed by atoms with Gasteiger partial charge in [0.2, 0.25) is 0 Å². The van der Waals surface area contributed by atoms with Gasteiger partial charge in [0.05, 0.1) is 49.1 Å². The Hall–Kier alpha value is -2.98. The zero-order chi connectivity index (χ0) is 23.2. The van der Waals surface area contributed by atoms with E-state index in [1.54, 1.807) is 12.0 Å². The van der Waals surface area contributed by atoms with Crippen LogP contribution in [0.2, 0.25) is 0 Å². The summed E-state index contributed by atoms with van der Waals surface area (Å²) >= 11 is 0. The second-order valence-corrected chi connectivity index (χ2v) is 10.7. The van der Waals surface area contributed by atoms with Crippen LogP contribution >= 0.6 is 0 Å². The van der Waals surface area contributed by atoms with Crippen molar-refractivity contribution >= 4 is 26.8 Å². The lowest BCUT2D eigenvalue weighted by molar-refractivity contribution is 0.0300. The van der Waals surface area contributed by atoms with Gasteiger partial charge in [-0.1, -0.05) is 12.1 Å². The molecule has 4 heterocycles. The van der Waals surface area contributed by atoms with E-state index in [-0.39, 0.29) is 29.1 Å². The summed E-state index contributed by atoms with van der Waals surface area (Å²) in [5.41, 5.74) is 2.91. The quantitative estimate of drug-likeness (QED) is 0.576. The highest BCUT2D eigenvalue weighted by molar-refractivity contribution is 7.91. The first-order valence-corrected chi connectivity index (χ1v) is 12.8. The fourth-order valence-corrected chi connectivity index (χ4v) is 6.34. The Bertz CT molecular complexity index is 1330. The number of hydrogen-bond donors (Lipinski definition) is 0. The molecule has 0 radical (unpaired) electrons. The van der Waals surface area contributed by atoms with E-state index >= 15 is 0 Å². The van der Waals surface area contributed by atoms with Gasteiger partial charge in [-0.25, -0.2) is 18.4 Å². The number of aromatic nitrogens is 3. The summed E-state index contributed by atoms with van der Waals surface area (Å²) in [5.74, 6) is 1.39. The van der Waals surface area contributed by atoms with Crippen LogP contribution in [-0.4, -0.2) is 78.7 Å². The van der Waals surface area contributed by atoms with E-state index in [0.717, 1.165) is 11.1 Å². The Balaban J connectivity index is 1.70. The smallest absolute Gasteiger partial charge is 0.274 e. The molecule has 33 heavy (non-hydrogen) atoms. The maximum atomic E-state index is 13.5. The number of aryl methyl sites for hydroxylation is 1. The summed E-state index contributed by atoms with van der Waals surface area (Å²) in [6, 6.07) is 9.17. The fourth-order valence-electron chi connectivity index (χ4n) is 4.64. The molecular formula is C23H26N4O5S. The monoisotopic (exact) mass is 470 g/mol. The Morgan fingerprint density at radius 2 is 1.97 bits per heavy atom. The molecule has 174 valence electrons. The lowest BCUT2D eigenvalue weighted by atomic mass is 10.1. The highest BCUT2D eigenvalue weighted by Gasteiger charge is 2.33. The molecule has 1 unspecified atom stereocenters. The summed E-state index contributed by atoms with van der Waals surface area (Å²) < 4.78 is 37.1. The number of imidazole rings is 1. The number of carbonyl (C=O) groups is 1. The van der Waals surface area contributed by atoms with E-state index in [2.05, 4.69) is 0 Å². The molecule has 1 amide bonds. The molecule has 2 fully saturated rings. The summed E-state index contributed by atoms with van der Waals surface area (Å²) in [6.45, 7) is 3.80. The molecular weight excluding hydrogens is 444 g/mol. The van der Waals surface area contributed by atoms with E-state index in [9.17, 15) is 13.2 Å². The third-order valence-corrected chi connectivity index (χ3v) is 8.04. The van der Waals surface area contributed by atoms with Crippen LogP contribution in [0.4, 0.5) is 0 Å². The first kappa shape index (κ1) is 21.8. The molecule has 2 aromatic heterocycles. The second kappa shape index (κ2) is 8.42. The summed E-state index contributed by atoms with van der Waals surface area (Å²) in [5, 5.41) is 0. The Morgan fingerprint density at radius 1 is 1.18 bits per heavy atom. The van der Waals surface area contributed by atoms with E-state index in [1.165, 1.54) is 0 Å². The number of pyridine rings is 1. The maximum absolute atomic E-state index is 13.5. The molecule has 9 nitrogen and oxygen atoms in total. The minimum absolute atomic E-state index is 0.0723. The third kappa shape index (κ3) is 4.08. The van der Waals surface area contributed by atoms with Gasteiger partial charge in [0.1, 0.15) is 17.1 Å². The summed E-state index contributed by atoms with van der Waals surface area (Å²) in [4.78, 5) is 24.7. The van der Waals surface area contributed by atoms with Crippen molar-refractivity contribution in [3.63, 3.8) is 0 Å². The second-order valence-electron chi connectivity index (χ2n) is 8.45. The van der Waals surface area contributed by atoms with E-state index in [0.29, 0.717) is 55.5 Å². The predicted octanol–water partition coefficient (Wildman–Crippen LogP) is 2.25. The largest absolute Gasteiger partial charge is 0.497 e. The van der Waals surface area contributed by atoms with Gasteiger partial charge in [0.15, 0.2) is 15.5 Å². The number of ether oxygens (including phenoxy) is 2. The van der Waals surface area contributed by atoms with Crippen LogP contribution in [0.3, 0.4) is 0 Å². The SMILES string of the molecule is COc1cccc(-c2cc3c(nc(C)n3C3CCS(=O)(=O)C3)c(C(=O)N3CCOCC3)n2)c1. The number of morpholine rings is 1. The van der Waals surface area contributed by atoms with Crippen molar-refractivity contribution in [2.75, 3.05) is 44.9 Å². The van der Waals surface area contributed by atoms with Crippen LogP contribution in [0.15, 0.2) is 30.3 Å². The molecule has 0 spiro atoms. The number of benzene rings is 1. The Labute approximate surface area is 192 Å². The van der Waals surface area contributed by atoms with Crippen molar-refractivity contribution in [2.24, 2.45) is 0 Å². The van der Waals surface area contributed by atoms with Crippen molar-refractivity contribution < 1.29 is 22.7 Å². The van der Waals surface area contributed by atoms with E-state index in [1.807, 2.05) is 41.8 Å². The highest BCUT2D eigenvalue weighted by atomic mass is 32.2. The molecule has 2 saturated heterocycles. The summed E-state index contributed by atoms with van der Waals surface area (Å²) in [7, 11) is -1.49. The van der Waals surface area contributed by atoms with E-state index in [4.69, 9.17) is 19.4 Å². The van der Waals surface area contributed by atoms with Gasteiger partial charge >= 0.3 is 0 Å². The number of nitrogens with zero attached hydrogens (tertiary/aromatic N) is 4. The average molecular weight is 471 g/mol. The first-order chi connectivity index (χ1) is 15.9. The average Bonchev–Trinajstić information content (AvgIpc) is 3.35. The molecule has 1 atom stereocenters. The maximum Gasteiger partial charge on any atom is 0.274 e. The summed E-state index contributed by atoms with van der Waals surface area (Å²) in [6.07, 6.45) is 0.526. The molecule has 2 aliphatic heterocycles. The highest BCUT2D eigenvalue weighted by Crippen LogP contribution is 2.33. The van der Waals surface area contributed by atoms with Crippen LogP contribution in [0.25, 0.3) is 22.3 Å². The Kier molecular flexibility index (Phi) is 5.57. The molecule has 0 bridgehead atoms. The molecule has 5 rings (SSSR count). The number of hydrogen-bond acceptors (Lipinski definition) is 7. The van der Waals surface area contributed by atoms with Crippen LogP contribution in [-0.2, 0) is 14.6 Å².